The normalized spacial score (nSPS) is 23.3. The fourth-order valence-electron chi connectivity index (χ4n) is 5.12. The van der Waals surface area contributed by atoms with E-state index in [2.05, 4.69) is 13.2 Å². The molecule has 5 heteroatoms. The zero-order valence-corrected chi connectivity index (χ0v) is 19.6. The summed E-state index contributed by atoms with van der Waals surface area (Å²) in [5.41, 5.74) is 0.347. The summed E-state index contributed by atoms with van der Waals surface area (Å²) in [6.45, 7) is 9.84. The second kappa shape index (κ2) is 9.57. The number of fused-ring (bicyclic) bond motifs is 4. The highest BCUT2D eigenvalue weighted by molar-refractivity contribution is 5.67. The summed E-state index contributed by atoms with van der Waals surface area (Å²) < 4.78 is 57.6. The van der Waals surface area contributed by atoms with Crippen molar-refractivity contribution in [2.75, 3.05) is 13.7 Å². The molecule has 0 radical (unpaired) electrons. The van der Waals surface area contributed by atoms with E-state index in [4.69, 9.17) is 9.47 Å². The third-order valence-electron chi connectivity index (χ3n) is 6.93. The molecule has 0 heterocycles. The number of hydrogen-bond acceptors (Lipinski definition) is 2. The largest absolute Gasteiger partial charge is 0.497 e. The third kappa shape index (κ3) is 4.08. The van der Waals surface area contributed by atoms with Crippen molar-refractivity contribution in [2.24, 2.45) is 5.92 Å². The lowest BCUT2D eigenvalue weighted by Crippen LogP contribution is -2.35. The van der Waals surface area contributed by atoms with E-state index < -0.39 is 22.9 Å². The first-order chi connectivity index (χ1) is 16.3. The van der Waals surface area contributed by atoms with Gasteiger partial charge in [-0.25, -0.2) is 13.2 Å². The predicted octanol–water partition coefficient (Wildman–Crippen LogP) is 7.97. The molecular formula is C29H29F3O2. The van der Waals surface area contributed by atoms with Crippen LogP contribution in [0.25, 0.3) is 11.1 Å². The number of rotatable bonds is 6. The SMILES string of the molecule is C=C(OCC)/C(F)=C1/C(=C)CCC2C=C[C@@]1(c1ccc(-c3ccc(OC)cc3)c(F)c1F)CC2. The molecule has 3 aliphatic carbocycles. The molecule has 34 heavy (non-hydrogen) atoms. The first-order valence-corrected chi connectivity index (χ1v) is 11.5. The van der Waals surface area contributed by atoms with Crippen molar-refractivity contribution in [3.8, 4) is 16.9 Å². The van der Waals surface area contributed by atoms with Crippen molar-refractivity contribution in [2.45, 2.75) is 38.0 Å². The summed E-state index contributed by atoms with van der Waals surface area (Å²) in [7, 11) is 1.54. The maximum absolute atomic E-state index is 15.8. The Labute approximate surface area is 199 Å². The molecule has 2 aromatic rings. The highest BCUT2D eigenvalue weighted by Gasteiger charge is 2.44. The fourth-order valence-corrected chi connectivity index (χ4v) is 5.12. The minimum atomic E-state index is -1.19. The summed E-state index contributed by atoms with van der Waals surface area (Å²) in [5, 5.41) is 0. The minimum Gasteiger partial charge on any atom is -0.497 e. The Morgan fingerprint density at radius 1 is 1.09 bits per heavy atom. The Kier molecular flexibility index (Phi) is 6.74. The van der Waals surface area contributed by atoms with Gasteiger partial charge in [-0.05, 0) is 61.8 Å². The predicted molar refractivity (Wildman–Crippen MR) is 129 cm³/mol. The van der Waals surface area contributed by atoms with Gasteiger partial charge in [0.2, 0.25) is 0 Å². The molecule has 2 bridgehead atoms. The lowest BCUT2D eigenvalue weighted by Gasteiger charge is -2.42. The monoisotopic (exact) mass is 466 g/mol. The molecule has 0 aliphatic heterocycles. The third-order valence-corrected chi connectivity index (χ3v) is 6.93. The fraction of sp³-hybridized carbons (Fsp3) is 0.310. The van der Waals surface area contributed by atoms with Crippen LogP contribution in [-0.2, 0) is 10.2 Å². The molecule has 1 fully saturated rings. The number of methoxy groups -OCH3 is 1. The quantitative estimate of drug-likeness (QED) is 0.317. The van der Waals surface area contributed by atoms with E-state index in [1.54, 1.807) is 50.4 Å². The molecule has 2 aromatic carbocycles. The maximum atomic E-state index is 15.8. The van der Waals surface area contributed by atoms with E-state index in [0.717, 1.165) is 12.8 Å². The van der Waals surface area contributed by atoms with Crippen LogP contribution in [0.5, 0.6) is 5.75 Å². The van der Waals surface area contributed by atoms with Crippen LogP contribution in [0.2, 0.25) is 0 Å². The average molecular weight is 467 g/mol. The summed E-state index contributed by atoms with van der Waals surface area (Å²) in [6, 6.07) is 9.85. The molecule has 0 N–H and O–H groups in total. The highest BCUT2D eigenvalue weighted by Crippen LogP contribution is 2.52. The van der Waals surface area contributed by atoms with Crippen LogP contribution in [-0.4, -0.2) is 13.7 Å². The number of halogens is 3. The summed E-state index contributed by atoms with van der Waals surface area (Å²) in [5.74, 6) is -1.81. The van der Waals surface area contributed by atoms with Crippen LogP contribution in [0.3, 0.4) is 0 Å². The molecule has 0 aromatic heterocycles. The van der Waals surface area contributed by atoms with Crippen molar-refractivity contribution in [1.29, 1.82) is 0 Å². The van der Waals surface area contributed by atoms with Gasteiger partial charge in [0.05, 0.1) is 13.7 Å². The van der Waals surface area contributed by atoms with Crippen molar-refractivity contribution in [3.63, 3.8) is 0 Å². The Morgan fingerprint density at radius 2 is 1.82 bits per heavy atom. The molecule has 1 saturated carbocycles. The zero-order valence-electron chi connectivity index (χ0n) is 19.6. The average Bonchev–Trinajstić information content (AvgIpc) is 2.84. The van der Waals surface area contributed by atoms with Crippen LogP contribution < -0.4 is 4.74 Å². The molecule has 0 spiro atoms. The molecule has 3 aliphatic rings. The van der Waals surface area contributed by atoms with E-state index in [1.165, 1.54) is 0 Å². The molecule has 5 rings (SSSR count). The number of benzene rings is 2. The summed E-state index contributed by atoms with van der Waals surface area (Å²) >= 11 is 0. The first kappa shape index (κ1) is 23.9. The molecular weight excluding hydrogens is 437 g/mol. The van der Waals surface area contributed by atoms with Gasteiger partial charge in [-0.3, -0.25) is 0 Å². The maximum Gasteiger partial charge on any atom is 0.169 e. The van der Waals surface area contributed by atoms with Gasteiger partial charge >= 0.3 is 0 Å². The molecule has 178 valence electrons. The van der Waals surface area contributed by atoms with Gasteiger partial charge in [0, 0.05) is 22.1 Å². The van der Waals surface area contributed by atoms with Gasteiger partial charge in [0.1, 0.15) is 11.5 Å². The van der Waals surface area contributed by atoms with Crippen molar-refractivity contribution < 1.29 is 22.6 Å². The van der Waals surface area contributed by atoms with E-state index in [-0.39, 0.29) is 29.1 Å². The molecule has 2 atom stereocenters. The topological polar surface area (TPSA) is 18.5 Å². The van der Waals surface area contributed by atoms with Crippen LogP contribution in [0.15, 0.2) is 84.4 Å². The summed E-state index contributed by atoms with van der Waals surface area (Å²) in [4.78, 5) is 0. The van der Waals surface area contributed by atoms with Gasteiger partial charge in [0.25, 0.3) is 0 Å². The van der Waals surface area contributed by atoms with Crippen LogP contribution in [0.1, 0.15) is 38.2 Å². The molecule has 0 amide bonds. The Balaban J connectivity index is 1.91. The molecule has 0 saturated heterocycles. The van der Waals surface area contributed by atoms with E-state index in [9.17, 15) is 0 Å². The first-order valence-electron chi connectivity index (χ1n) is 11.5. The second-order valence-corrected chi connectivity index (χ2v) is 8.83. The van der Waals surface area contributed by atoms with Gasteiger partial charge < -0.3 is 9.47 Å². The smallest absolute Gasteiger partial charge is 0.169 e. The second-order valence-electron chi connectivity index (χ2n) is 8.83. The highest BCUT2D eigenvalue weighted by atomic mass is 19.2. The van der Waals surface area contributed by atoms with E-state index in [0.29, 0.717) is 35.6 Å². The van der Waals surface area contributed by atoms with Crippen LogP contribution in [0.4, 0.5) is 13.2 Å². The molecule has 1 unspecified atom stereocenters. The Morgan fingerprint density at radius 3 is 2.44 bits per heavy atom. The van der Waals surface area contributed by atoms with Gasteiger partial charge in [-0.15, -0.1) is 0 Å². The van der Waals surface area contributed by atoms with Gasteiger partial charge in [-0.1, -0.05) is 49.6 Å². The Bertz CT molecular complexity index is 1180. The van der Waals surface area contributed by atoms with Crippen molar-refractivity contribution >= 4 is 0 Å². The number of hydrogen-bond donors (Lipinski definition) is 0. The van der Waals surface area contributed by atoms with Crippen LogP contribution >= 0.6 is 0 Å². The zero-order chi connectivity index (χ0) is 24.5. The lowest BCUT2D eigenvalue weighted by molar-refractivity contribution is 0.224. The number of ether oxygens (including phenoxy) is 2. The van der Waals surface area contributed by atoms with Gasteiger partial charge in [0.15, 0.2) is 17.5 Å². The van der Waals surface area contributed by atoms with E-state index >= 15 is 13.2 Å². The molecule has 2 nitrogen and oxygen atoms in total. The van der Waals surface area contributed by atoms with Crippen molar-refractivity contribution in [3.05, 3.63) is 102 Å². The standard InChI is InChI=1S/C29H29F3O2/c1-5-34-19(3)26(30)25-18(2)6-7-20-14-16-29(25,17-15-20)24-13-12-23(27(31)28(24)32)21-8-10-22(33-4)11-9-21/h8-14,16,20H,2-3,5-7,15,17H2,1,4H3/b26-25+/t20?,29-/m0/s1. The summed E-state index contributed by atoms with van der Waals surface area (Å²) in [6.07, 6.45) is 6.39. The van der Waals surface area contributed by atoms with Crippen LogP contribution in [0, 0.1) is 17.6 Å². The lowest BCUT2D eigenvalue weighted by atomic mass is 9.61. The van der Waals surface area contributed by atoms with Crippen molar-refractivity contribution in [1.82, 2.24) is 0 Å². The Hall–Kier alpha value is -3.21. The number of allylic oxidation sites excluding steroid dienone is 5. The van der Waals surface area contributed by atoms with E-state index in [1.807, 2.05) is 12.2 Å². The van der Waals surface area contributed by atoms with Gasteiger partial charge in [-0.2, -0.15) is 0 Å². The minimum absolute atomic E-state index is 0.0921.